The molecular formula is C14H17N3. The van der Waals surface area contributed by atoms with Gasteiger partial charge in [0.05, 0.1) is 0 Å². The highest BCUT2D eigenvalue weighted by molar-refractivity contribution is 5.32. The van der Waals surface area contributed by atoms with Gasteiger partial charge in [-0.1, -0.05) is 30.3 Å². The Morgan fingerprint density at radius 1 is 1.00 bits per heavy atom. The highest BCUT2D eigenvalue weighted by Gasteiger charge is 2.05. The smallest absolute Gasteiger partial charge is 0.123 e. The molecule has 88 valence electrons. The van der Waals surface area contributed by atoms with E-state index >= 15 is 0 Å². The van der Waals surface area contributed by atoms with Gasteiger partial charge in [0, 0.05) is 12.2 Å². The van der Waals surface area contributed by atoms with Crippen molar-refractivity contribution in [3.05, 3.63) is 59.8 Å². The molecular weight excluding hydrogens is 210 g/mol. The average molecular weight is 227 g/mol. The quantitative estimate of drug-likeness (QED) is 0.836. The zero-order valence-corrected chi connectivity index (χ0v) is 9.71. The van der Waals surface area contributed by atoms with Crippen molar-refractivity contribution in [3.63, 3.8) is 0 Å². The van der Waals surface area contributed by atoms with Crippen molar-refractivity contribution in [3.8, 4) is 0 Å². The van der Waals surface area contributed by atoms with E-state index in [0.717, 1.165) is 18.4 Å². The van der Waals surface area contributed by atoms with Crippen LogP contribution in [0.3, 0.4) is 0 Å². The molecule has 3 nitrogen and oxygen atoms in total. The van der Waals surface area contributed by atoms with Gasteiger partial charge >= 0.3 is 0 Å². The first kappa shape index (κ1) is 11.6. The molecule has 3 heteroatoms. The Morgan fingerprint density at radius 2 is 1.71 bits per heavy atom. The molecule has 1 unspecified atom stereocenters. The number of hydrogen-bond acceptors (Lipinski definition) is 3. The molecule has 0 amide bonds. The van der Waals surface area contributed by atoms with Crippen LogP contribution in [0.4, 0.5) is 5.82 Å². The fraction of sp³-hybridized carbons (Fsp3) is 0.214. The molecule has 1 heterocycles. The van der Waals surface area contributed by atoms with Gasteiger partial charge in [0.1, 0.15) is 5.82 Å². The lowest BCUT2D eigenvalue weighted by Gasteiger charge is -2.11. The van der Waals surface area contributed by atoms with Gasteiger partial charge in [-0.05, 0) is 36.1 Å². The number of anilines is 1. The summed E-state index contributed by atoms with van der Waals surface area (Å²) in [7, 11) is 0. The van der Waals surface area contributed by atoms with Crippen LogP contribution in [0, 0.1) is 0 Å². The molecule has 0 aliphatic heterocycles. The molecule has 0 spiro atoms. The molecule has 0 aliphatic rings. The van der Waals surface area contributed by atoms with E-state index in [4.69, 9.17) is 11.5 Å². The molecule has 1 atom stereocenters. The summed E-state index contributed by atoms with van der Waals surface area (Å²) in [4.78, 5) is 3.97. The van der Waals surface area contributed by atoms with Crippen molar-refractivity contribution < 1.29 is 0 Å². The third kappa shape index (κ3) is 3.57. The highest BCUT2D eigenvalue weighted by atomic mass is 14.8. The summed E-state index contributed by atoms with van der Waals surface area (Å²) in [6.07, 6.45) is 3.42. The normalized spacial score (nSPS) is 12.3. The number of hydrogen-bond donors (Lipinski definition) is 2. The first-order valence-electron chi connectivity index (χ1n) is 5.74. The zero-order chi connectivity index (χ0) is 12.1. The molecule has 0 bridgehead atoms. The first-order chi connectivity index (χ1) is 8.24. The molecule has 0 aliphatic carbocycles. The van der Waals surface area contributed by atoms with E-state index in [1.54, 1.807) is 6.20 Å². The summed E-state index contributed by atoms with van der Waals surface area (Å²) in [5.41, 5.74) is 14.2. The number of pyridine rings is 1. The van der Waals surface area contributed by atoms with Crippen LogP contribution >= 0.6 is 0 Å². The second kappa shape index (κ2) is 5.46. The zero-order valence-electron chi connectivity index (χ0n) is 9.71. The maximum Gasteiger partial charge on any atom is 0.123 e. The maximum atomic E-state index is 6.13. The van der Waals surface area contributed by atoms with Crippen molar-refractivity contribution in [2.45, 2.75) is 18.9 Å². The van der Waals surface area contributed by atoms with Crippen LogP contribution in [0.2, 0.25) is 0 Å². The SMILES string of the molecule is Nc1cc(CC(N)Cc2ccccc2)ccn1. The molecule has 1 aromatic heterocycles. The Kier molecular flexibility index (Phi) is 3.73. The minimum atomic E-state index is 0.110. The lowest BCUT2D eigenvalue weighted by atomic mass is 10.0. The number of rotatable bonds is 4. The fourth-order valence-corrected chi connectivity index (χ4v) is 1.91. The molecule has 1 aromatic carbocycles. The van der Waals surface area contributed by atoms with Gasteiger partial charge in [0.2, 0.25) is 0 Å². The van der Waals surface area contributed by atoms with Crippen LogP contribution < -0.4 is 11.5 Å². The lowest BCUT2D eigenvalue weighted by Crippen LogP contribution is -2.25. The van der Waals surface area contributed by atoms with Gasteiger partial charge in [0.25, 0.3) is 0 Å². The molecule has 0 radical (unpaired) electrons. The molecule has 2 rings (SSSR count). The monoisotopic (exact) mass is 227 g/mol. The minimum absolute atomic E-state index is 0.110. The second-order valence-corrected chi connectivity index (χ2v) is 4.24. The van der Waals surface area contributed by atoms with Crippen LogP contribution in [0.5, 0.6) is 0 Å². The van der Waals surface area contributed by atoms with Crippen molar-refractivity contribution in [1.29, 1.82) is 0 Å². The van der Waals surface area contributed by atoms with Gasteiger partial charge in [0.15, 0.2) is 0 Å². The third-order valence-electron chi connectivity index (χ3n) is 2.68. The molecule has 4 N–H and O–H groups in total. The van der Waals surface area contributed by atoms with Gasteiger partial charge < -0.3 is 11.5 Å². The highest BCUT2D eigenvalue weighted by Crippen LogP contribution is 2.09. The molecule has 0 saturated heterocycles. The Bertz CT molecular complexity index is 468. The van der Waals surface area contributed by atoms with Crippen molar-refractivity contribution >= 4 is 5.82 Å². The summed E-state index contributed by atoms with van der Waals surface area (Å²) in [6, 6.07) is 14.2. The molecule has 0 saturated carbocycles. The van der Waals surface area contributed by atoms with Crippen LogP contribution in [0.25, 0.3) is 0 Å². The summed E-state index contributed by atoms with van der Waals surface area (Å²) in [6.45, 7) is 0. The Hall–Kier alpha value is -1.87. The van der Waals surface area contributed by atoms with E-state index in [0.29, 0.717) is 5.82 Å². The van der Waals surface area contributed by atoms with Crippen LogP contribution in [0.1, 0.15) is 11.1 Å². The van der Waals surface area contributed by atoms with E-state index in [1.165, 1.54) is 5.56 Å². The number of nitrogens with two attached hydrogens (primary N) is 2. The van der Waals surface area contributed by atoms with Crippen molar-refractivity contribution in [2.24, 2.45) is 5.73 Å². The van der Waals surface area contributed by atoms with Crippen LogP contribution in [0.15, 0.2) is 48.7 Å². The number of nitrogens with zero attached hydrogens (tertiary/aromatic N) is 1. The van der Waals surface area contributed by atoms with E-state index in [-0.39, 0.29) is 6.04 Å². The largest absolute Gasteiger partial charge is 0.384 e. The van der Waals surface area contributed by atoms with E-state index in [1.807, 2.05) is 30.3 Å². The summed E-state index contributed by atoms with van der Waals surface area (Å²) in [5.74, 6) is 0.550. The number of benzene rings is 1. The van der Waals surface area contributed by atoms with Gasteiger partial charge in [-0.3, -0.25) is 0 Å². The summed E-state index contributed by atoms with van der Waals surface area (Å²) >= 11 is 0. The fourth-order valence-electron chi connectivity index (χ4n) is 1.91. The van der Waals surface area contributed by atoms with E-state index in [2.05, 4.69) is 17.1 Å². The van der Waals surface area contributed by atoms with Gasteiger partial charge in [-0.2, -0.15) is 0 Å². The van der Waals surface area contributed by atoms with E-state index in [9.17, 15) is 0 Å². The van der Waals surface area contributed by atoms with Gasteiger partial charge in [-0.15, -0.1) is 0 Å². The van der Waals surface area contributed by atoms with Crippen molar-refractivity contribution in [2.75, 3.05) is 5.73 Å². The molecule has 17 heavy (non-hydrogen) atoms. The van der Waals surface area contributed by atoms with Crippen LogP contribution in [-0.4, -0.2) is 11.0 Å². The van der Waals surface area contributed by atoms with E-state index < -0.39 is 0 Å². The average Bonchev–Trinajstić information content (AvgIpc) is 2.30. The second-order valence-electron chi connectivity index (χ2n) is 4.24. The Balaban J connectivity index is 1.96. The number of aromatic nitrogens is 1. The maximum absolute atomic E-state index is 6.13. The predicted octanol–water partition coefficient (Wildman–Crippen LogP) is 1.78. The number of nitrogen functional groups attached to an aromatic ring is 1. The lowest BCUT2D eigenvalue weighted by molar-refractivity contribution is 0.664. The van der Waals surface area contributed by atoms with Crippen LogP contribution in [-0.2, 0) is 12.8 Å². The molecule has 2 aromatic rings. The van der Waals surface area contributed by atoms with Crippen molar-refractivity contribution in [1.82, 2.24) is 4.98 Å². The third-order valence-corrected chi connectivity index (χ3v) is 2.68. The summed E-state index contributed by atoms with van der Waals surface area (Å²) < 4.78 is 0. The van der Waals surface area contributed by atoms with Gasteiger partial charge in [-0.25, -0.2) is 4.98 Å². The Labute approximate surface area is 101 Å². The Morgan fingerprint density at radius 3 is 2.41 bits per heavy atom. The molecule has 0 fully saturated rings. The standard InChI is InChI=1S/C14H17N3/c15-13(8-11-4-2-1-3-5-11)9-12-6-7-17-14(16)10-12/h1-7,10,13H,8-9,15H2,(H2,16,17). The minimum Gasteiger partial charge on any atom is -0.384 e. The summed E-state index contributed by atoms with van der Waals surface area (Å²) in [5, 5.41) is 0. The topological polar surface area (TPSA) is 64.9 Å². The predicted molar refractivity (Wildman–Crippen MR) is 70.5 cm³/mol. The first-order valence-corrected chi connectivity index (χ1v) is 5.74.